The summed E-state index contributed by atoms with van der Waals surface area (Å²) in [5.41, 5.74) is 0. The van der Waals surface area contributed by atoms with Gasteiger partial charge in [-0.2, -0.15) is 0 Å². The highest BCUT2D eigenvalue weighted by atomic mass is 15.3. The van der Waals surface area contributed by atoms with Crippen LogP contribution in [0.15, 0.2) is 6.33 Å². The maximum Gasteiger partial charge on any atom is 0.265 e. The average molecular weight is 125 g/mol. The lowest BCUT2D eigenvalue weighted by Crippen LogP contribution is -2.47. The van der Waals surface area contributed by atoms with Gasteiger partial charge in [-0.1, -0.05) is 0 Å². The highest BCUT2D eigenvalue weighted by molar-refractivity contribution is 4.70. The molecule has 48 valence electrons. The predicted molar refractivity (Wildman–Crippen MR) is 30.5 cm³/mol. The van der Waals surface area contributed by atoms with Gasteiger partial charge in [0.1, 0.15) is 0 Å². The molecule has 0 fully saturated rings. The lowest BCUT2D eigenvalue weighted by atomic mass is 10.4. The van der Waals surface area contributed by atoms with E-state index in [1.54, 1.807) is 0 Å². The summed E-state index contributed by atoms with van der Waals surface area (Å²) in [6.45, 7) is 3.00. The van der Waals surface area contributed by atoms with Crippen molar-refractivity contribution in [2.24, 2.45) is 0 Å². The Morgan fingerprint density at radius 3 is 3.56 bits per heavy atom. The normalized spacial score (nSPS) is 17.3. The van der Waals surface area contributed by atoms with Gasteiger partial charge in [-0.15, -0.1) is 5.10 Å². The maximum absolute atomic E-state index is 3.90. The van der Waals surface area contributed by atoms with Gasteiger partial charge in [-0.25, -0.2) is 4.57 Å². The van der Waals surface area contributed by atoms with E-state index in [0.29, 0.717) is 0 Å². The second kappa shape index (κ2) is 1.80. The van der Waals surface area contributed by atoms with Crippen molar-refractivity contribution in [3.63, 3.8) is 0 Å². The Kier molecular flexibility index (Phi) is 0.989. The zero-order valence-corrected chi connectivity index (χ0v) is 5.09. The van der Waals surface area contributed by atoms with E-state index in [4.69, 9.17) is 0 Å². The molecule has 4 heteroatoms. The van der Waals surface area contributed by atoms with Crippen molar-refractivity contribution >= 4 is 0 Å². The summed E-state index contributed by atoms with van der Waals surface area (Å²) in [5, 5.41) is 10.0. The smallest absolute Gasteiger partial charge is 0.265 e. The molecule has 0 aliphatic carbocycles. The van der Waals surface area contributed by atoms with Gasteiger partial charge in [0.25, 0.3) is 6.33 Å². The highest BCUT2D eigenvalue weighted by Gasteiger charge is 2.13. The van der Waals surface area contributed by atoms with Crippen LogP contribution in [-0.2, 0) is 13.1 Å². The van der Waals surface area contributed by atoms with E-state index < -0.39 is 0 Å². The minimum absolute atomic E-state index is 0.917. The first-order chi connectivity index (χ1) is 4.47. The van der Waals surface area contributed by atoms with Gasteiger partial charge in [0.15, 0.2) is 0 Å². The molecule has 4 nitrogen and oxygen atoms in total. The Labute approximate surface area is 52.9 Å². The van der Waals surface area contributed by atoms with Crippen LogP contribution in [0.4, 0.5) is 0 Å². The van der Waals surface area contributed by atoms with E-state index in [1.807, 2.05) is 6.33 Å². The number of hydrogen-bond donors (Lipinski definition) is 2. The summed E-state index contributed by atoms with van der Waals surface area (Å²) >= 11 is 0. The standard InChI is InChI=1S/C5H8N4/c1-2-9-4-7-8-5(9)3-6-1/h4,6H,1-3H2/p+1. The molecule has 0 radical (unpaired) electrons. The van der Waals surface area contributed by atoms with Crippen LogP contribution in [-0.4, -0.2) is 16.7 Å². The summed E-state index contributed by atoms with van der Waals surface area (Å²) in [7, 11) is 0. The fourth-order valence-corrected chi connectivity index (χ4v) is 1.05. The average Bonchev–Trinajstić information content (AvgIpc) is 2.33. The van der Waals surface area contributed by atoms with E-state index >= 15 is 0 Å². The molecule has 1 aromatic heterocycles. The molecule has 1 aliphatic rings. The van der Waals surface area contributed by atoms with Crippen LogP contribution >= 0.6 is 0 Å². The molecule has 2 N–H and O–H groups in total. The molecule has 0 atom stereocenters. The first-order valence-corrected chi connectivity index (χ1v) is 3.09. The number of H-pyrrole nitrogens is 1. The zero-order valence-electron chi connectivity index (χ0n) is 5.09. The topological polar surface area (TPSA) is 44.6 Å². The molecule has 0 amide bonds. The molecule has 0 unspecified atom stereocenters. The van der Waals surface area contributed by atoms with Gasteiger partial charge < -0.3 is 5.32 Å². The number of hydrogen-bond acceptors (Lipinski definition) is 2. The van der Waals surface area contributed by atoms with Crippen molar-refractivity contribution in [2.75, 3.05) is 6.54 Å². The molecule has 0 spiro atoms. The van der Waals surface area contributed by atoms with Gasteiger partial charge >= 0.3 is 0 Å². The first-order valence-electron chi connectivity index (χ1n) is 3.09. The van der Waals surface area contributed by atoms with Crippen molar-refractivity contribution in [3.05, 3.63) is 12.2 Å². The van der Waals surface area contributed by atoms with Crippen LogP contribution < -0.4 is 9.88 Å². The van der Waals surface area contributed by atoms with Gasteiger partial charge in [0.05, 0.1) is 13.1 Å². The van der Waals surface area contributed by atoms with Crippen LogP contribution in [0, 0.1) is 0 Å². The highest BCUT2D eigenvalue weighted by Crippen LogP contribution is 1.86. The van der Waals surface area contributed by atoms with Crippen LogP contribution in [0.2, 0.25) is 0 Å². The summed E-state index contributed by atoms with van der Waals surface area (Å²) in [6, 6.07) is 0. The molecule has 0 bridgehead atoms. The fourth-order valence-electron chi connectivity index (χ4n) is 1.05. The van der Waals surface area contributed by atoms with Crippen molar-refractivity contribution < 1.29 is 4.57 Å². The van der Waals surface area contributed by atoms with Crippen molar-refractivity contribution in [1.82, 2.24) is 15.5 Å². The first kappa shape index (κ1) is 4.93. The fraction of sp³-hybridized carbons (Fsp3) is 0.600. The van der Waals surface area contributed by atoms with Gasteiger partial charge in [0, 0.05) is 11.6 Å². The minimum Gasteiger partial charge on any atom is -0.304 e. The van der Waals surface area contributed by atoms with E-state index in [2.05, 4.69) is 20.1 Å². The van der Waals surface area contributed by atoms with Gasteiger partial charge in [0.2, 0.25) is 5.82 Å². The van der Waals surface area contributed by atoms with Crippen LogP contribution in [0.5, 0.6) is 0 Å². The Bertz CT molecular complexity index is 184. The summed E-state index contributed by atoms with van der Waals surface area (Å²) in [4.78, 5) is 0. The molecule has 0 aromatic carbocycles. The minimum atomic E-state index is 0.917. The number of aromatic nitrogens is 3. The van der Waals surface area contributed by atoms with Gasteiger partial charge in [-0.3, -0.25) is 0 Å². The second-order valence-electron chi connectivity index (χ2n) is 2.17. The van der Waals surface area contributed by atoms with E-state index in [9.17, 15) is 0 Å². The third-order valence-electron chi connectivity index (χ3n) is 1.56. The van der Waals surface area contributed by atoms with Crippen molar-refractivity contribution in [1.29, 1.82) is 0 Å². The lowest BCUT2D eigenvalue weighted by Gasteiger charge is -2.07. The Balaban J connectivity index is 2.39. The Morgan fingerprint density at radius 1 is 1.67 bits per heavy atom. The number of aromatic amines is 1. The van der Waals surface area contributed by atoms with E-state index in [1.165, 1.54) is 5.82 Å². The summed E-state index contributed by atoms with van der Waals surface area (Å²) in [5.74, 6) is 1.17. The molecule has 1 aromatic rings. The number of nitrogens with one attached hydrogen (secondary N) is 2. The molecular weight excluding hydrogens is 116 g/mol. The molecule has 0 saturated heterocycles. The predicted octanol–water partition coefficient (Wildman–Crippen LogP) is -1.20. The zero-order chi connectivity index (χ0) is 6.10. The largest absolute Gasteiger partial charge is 0.304 e. The molecule has 2 heterocycles. The summed E-state index contributed by atoms with van der Waals surface area (Å²) in [6.07, 6.45) is 1.83. The maximum atomic E-state index is 3.90. The molecule has 0 saturated carbocycles. The van der Waals surface area contributed by atoms with Crippen LogP contribution in [0.1, 0.15) is 5.82 Å². The van der Waals surface area contributed by atoms with E-state index in [0.717, 1.165) is 19.6 Å². The molecule has 2 rings (SSSR count). The van der Waals surface area contributed by atoms with E-state index in [-0.39, 0.29) is 0 Å². The molecule has 1 aliphatic heterocycles. The Hall–Kier alpha value is -0.900. The molecule has 9 heavy (non-hydrogen) atoms. The van der Waals surface area contributed by atoms with Gasteiger partial charge in [-0.05, 0) is 0 Å². The quantitative estimate of drug-likeness (QED) is 0.428. The van der Waals surface area contributed by atoms with Crippen molar-refractivity contribution in [2.45, 2.75) is 13.1 Å². The number of fused-ring (bicyclic) bond motifs is 1. The lowest BCUT2D eigenvalue weighted by molar-refractivity contribution is -0.707. The Morgan fingerprint density at radius 2 is 2.67 bits per heavy atom. The SMILES string of the molecule is c1n[nH]c2[n+]1CCNC2. The van der Waals surface area contributed by atoms with Crippen LogP contribution in [0.3, 0.4) is 0 Å². The third-order valence-corrected chi connectivity index (χ3v) is 1.56. The van der Waals surface area contributed by atoms with Crippen molar-refractivity contribution in [3.8, 4) is 0 Å². The number of nitrogens with zero attached hydrogens (tertiary/aromatic N) is 2. The number of rotatable bonds is 0. The second-order valence-corrected chi connectivity index (χ2v) is 2.17. The third kappa shape index (κ3) is 0.712. The van der Waals surface area contributed by atoms with Crippen LogP contribution in [0.25, 0.3) is 0 Å². The monoisotopic (exact) mass is 125 g/mol. The molecular formula is C5H9N4+. The summed E-state index contributed by atoms with van der Waals surface area (Å²) < 4.78 is 2.12.